The molecule has 6 heteroatoms. The van der Waals surface area contributed by atoms with Crippen LogP contribution in [0.25, 0.3) is 0 Å². The number of rotatable bonds is 27. The maximum absolute atomic E-state index is 9.00. The van der Waals surface area contributed by atoms with E-state index in [1.165, 1.54) is 83.5 Å². The van der Waals surface area contributed by atoms with Gasteiger partial charge in [-0.15, -0.1) is 0 Å². The zero-order valence-electron chi connectivity index (χ0n) is 22.9. The molecule has 0 atom stereocenters. The molecule has 0 aromatic rings. The summed E-state index contributed by atoms with van der Waals surface area (Å²) in [6.45, 7) is 8.25. The summed E-state index contributed by atoms with van der Waals surface area (Å²) in [5.41, 5.74) is 0. The molecule has 0 aromatic heterocycles. The summed E-state index contributed by atoms with van der Waals surface area (Å²) in [6, 6.07) is 0. The van der Waals surface area contributed by atoms with Crippen molar-refractivity contribution in [3.05, 3.63) is 12.2 Å². The highest BCUT2D eigenvalue weighted by Gasteiger charge is 2.12. The average Bonchev–Trinajstić information content (AvgIpc) is 2.79. The fourth-order valence-corrected chi connectivity index (χ4v) is 3.69. The van der Waals surface area contributed by atoms with Crippen LogP contribution in [0.15, 0.2) is 12.2 Å². The van der Waals surface area contributed by atoms with Gasteiger partial charge in [-0.25, -0.2) is 0 Å². The third-order valence-corrected chi connectivity index (χ3v) is 6.09. The predicted molar refractivity (Wildman–Crippen MR) is 141 cm³/mol. The lowest BCUT2D eigenvalue weighted by atomic mass is 10.1. The lowest BCUT2D eigenvalue weighted by Gasteiger charge is -2.28. The topological polar surface area (TPSA) is 47.9 Å². The van der Waals surface area contributed by atoms with Crippen LogP contribution >= 0.6 is 0 Å². The van der Waals surface area contributed by atoms with E-state index < -0.39 is 0 Å². The monoisotopic (exact) mass is 599 g/mol. The van der Waals surface area contributed by atoms with E-state index in [0.717, 1.165) is 30.6 Å². The summed E-state index contributed by atoms with van der Waals surface area (Å²) in [6.07, 6.45) is 23.5. The second kappa shape index (κ2) is 29.5. The number of aliphatic hydroxyl groups is 1. The van der Waals surface area contributed by atoms with Crippen molar-refractivity contribution < 1.29 is 47.8 Å². The number of allylic oxidation sites excluding steroid dienone is 2. The largest absolute Gasteiger partial charge is 1.00 e. The first-order valence-corrected chi connectivity index (χ1v) is 13.9. The Bertz CT molecular complexity index is 408. The Morgan fingerprint density at radius 1 is 0.559 bits per heavy atom. The SMILES string of the molecule is CCCCCCCC/C=C/CCCCCCCCOCCOCCOCC[N+](C)(C)CCO.[I-]. The standard InChI is InChI=1S/C28H58NO4.HI/c1-4-5-6-7-8-9-10-11-12-13-14-15-16-17-18-19-23-31-25-27-33-28-26-32-24-21-29(2,3)20-22-30;/h11-12,30H,4-10,13-28H2,1-3H3;1H/q+1;/p-1/b12-11+;. The zero-order chi connectivity index (χ0) is 24.3. The fourth-order valence-electron chi connectivity index (χ4n) is 3.69. The van der Waals surface area contributed by atoms with Crippen LogP contribution in [0, 0.1) is 0 Å². The van der Waals surface area contributed by atoms with Gasteiger partial charge in [0, 0.05) is 6.61 Å². The lowest BCUT2D eigenvalue weighted by molar-refractivity contribution is -0.891. The van der Waals surface area contributed by atoms with Crippen molar-refractivity contribution in [2.45, 2.75) is 96.8 Å². The molecule has 0 unspecified atom stereocenters. The minimum Gasteiger partial charge on any atom is -1.00 e. The summed E-state index contributed by atoms with van der Waals surface area (Å²) in [5.74, 6) is 0. The molecular weight excluding hydrogens is 541 g/mol. The molecule has 0 aromatic carbocycles. The van der Waals surface area contributed by atoms with Crippen molar-refractivity contribution in [1.29, 1.82) is 0 Å². The highest BCUT2D eigenvalue weighted by Crippen LogP contribution is 2.10. The number of hydrogen-bond donors (Lipinski definition) is 1. The Morgan fingerprint density at radius 2 is 1.00 bits per heavy atom. The second-order valence-electron chi connectivity index (χ2n) is 9.88. The number of aliphatic hydroxyl groups excluding tert-OH is 1. The van der Waals surface area contributed by atoms with Gasteiger partial charge in [-0.3, -0.25) is 0 Å². The number of halogens is 1. The summed E-state index contributed by atoms with van der Waals surface area (Å²) < 4.78 is 17.6. The van der Waals surface area contributed by atoms with Crippen molar-refractivity contribution in [3.8, 4) is 0 Å². The average molecular weight is 600 g/mol. The van der Waals surface area contributed by atoms with Crippen molar-refractivity contribution >= 4 is 0 Å². The van der Waals surface area contributed by atoms with Crippen LogP contribution in [0.3, 0.4) is 0 Å². The lowest BCUT2D eigenvalue weighted by Crippen LogP contribution is -3.00. The zero-order valence-corrected chi connectivity index (χ0v) is 25.1. The van der Waals surface area contributed by atoms with Crippen LogP contribution in [-0.4, -0.2) is 83.0 Å². The number of likely N-dealkylation sites (N-methyl/N-ethyl adjacent to an activating group) is 1. The van der Waals surface area contributed by atoms with Crippen LogP contribution < -0.4 is 24.0 Å². The molecule has 34 heavy (non-hydrogen) atoms. The molecule has 0 fully saturated rings. The van der Waals surface area contributed by atoms with Gasteiger partial charge in [0.15, 0.2) is 0 Å². The van der Waals surface area contributed by atoms with Gasteiger partial charge in [-0.1, -0.05) is 76.9 Å². The van der Waals surface area contributed by atoms with Gasteiger partial charge < -0.3 is 47.8 Å². The molecule has 0 bridgehead atoms. The molecular formula is C28H58INO4. The van der Waals surface area contributed by atoms with E-state index >= 15 is 0 Å². The Kier molecular flexibility index (Phi) is 31.6. The Balaban J connectivity index is 0. The molecule has 206 valence electrons. The molecule has 0 amide bonds. The van der Waals surface area contributed by atoms with Crippen LogP contribution in [0.2, 0.25) is 0 Å². The summed E-state index contributed by atoms with van der Waals surface area (Å²) in [5, 5.41) is 9.00. The van der Waals surface area contributed by atoms with Gasteiger partial charge in [0.25, 0.3) is 0 Å². The van der Waals surface area contributed by atoms with E-state index in [9.17, 15) is 0 Å². The van der Waals surface area contributed by atoms with E-state index in [1.54, 1.807) is 0 Å². The normalized spacial score (nSPS) is 11.9. The van der Waals surface area contributed by atoms with E-state index in [4.69, 9.17) is 19.3 Å². The van der Waals surface area contributed by atoms with Gasteiger partial charge in [0.2, 0.25) is 0 Å². The number of ether oxygens (including phenoxy) is 3. The van der Waals surface area contributed by atoms with Crippen LogP contribution in [0.4, 0.5) is 0 Å². The summed E-state index contributed by atoms with van der Waals surface area (Å²) >= 11 is 0. The number of unbranched alkanes of at least 4 members (excludes halogenated alkanes) is 12. The highest BCUT2D eigenvalue weighted by molar-refractivity contribution is 4.81. The molecule has 0 aliphatic heterocycles. The van der Waals surface area contributed by atoms with Gasteiger partial charge >= 0.3 is 0 Å². The summed E-state index contributed by atoms with van der Waals surface area (Å²) in [7, 11) is 4.20. The minimum atomic E-state index is 0. The smallest absolute Gasteiger partial charge is 0.102 e. The van der Waals surface area contributed by atoms with Gasteiger partial charge in [-0.2, -0.15) is 0 Å². The van der Waals surface area contributed by atoms with Gasteiger partial charge in [-0.05, 0) is 32.1 Å². The molecule has 0 radical (unpaired) electrons. The number of quaternary nitrogens is 1. The first-order valence-electron chi connectivity index (χ1n) is 13.9. The maximum atomic E-state index is 9.00. The Labute approximate surface area is 229 Å². The maximum Gasteiger partial charge on any atom is 0.102 e. The van der Waals surface area contributed by atoms with Crippen LogP contribution in [0.5, 0.6) is 0 Å². The van der Waals surface area contributed by atoms with Gasteiger partial charge in [0.1, 0.15) is 13.1 Å². The first-order chi connectivity index (χ1) is 16.1. The third-order valence-electron chi connectivity index (χ3n) is 6.09. The Hall–Kier alpha value is 0.270. The molecule has 1 N–H and O–H groups in total. The van der Waals surface area contributed by atoms with Gasteiger partial charge in [0.05, 0.1) is 53.7 Å². The van der Waals surface area contributed by atoms with E-state index in [1.807, 2.05) is 0 Å². The molecule has 0 spiro atoms. The van der Waals surface area contributed by atoms with E-state index in [0.29, 0.717) is 33.0 Å². The van der Waals surface area contributed by atoms with Crippen molar-refractivity contribution in [1.82, 2.24) is 0 Å². The molecule has 0 heterocycles. The quantitative estimate of drug-likeness (QED) is 0.0683. The second-order valence-corrected chi connectivity index (χ2v) is 9.88. The Morgan fingerprint density at radius 3 is 1.53 bits per heavy atom. The third kappa shape index (κ3) is 30.3. The summed E-state index contributed by atoms with van der Waals surface area (Å²) in [4.78, 5) is 0. The fraction of sp³-hybridized carbons (Fsp3) is 0.929. The van der Waals surface area contributed by atoms with Crippen molar-refractivity contribution in [3.63, 3.8) is 0 Å². The van der Waals surface area contributed by atoms with Crippen LogP contribution in [0.1, 0.15) is 96.8 Å². The van der Waals surface area contributed by atoms with E-state index in [2.05, 4.69) is 33.2 Å². The minimum absolute atomic E-state index is 0. The predicted octanol–water partition coefficient (Wildman–Crippen LogP) is 3.15. The molecule has 0 saturated carbocycles. The molecule has 0 saturated heterocycles. The number of hydrogen-bond acceptors (Lipinski definition) is 4. The molecule has 0 aliphatic carbocycles. The van der Waals surface area contributed by atoms with E-state index in [-0.39, 0.29) is 30.6 Å². The van der Waals surface area contributed by atoms with Crippen LogP contribution in [-0.2, 0) is 14.2 Å². The molecule has 5 nitrogen and oxygen atoms in total. The molecule has 0 rings (SSSR count). The van der Waals surface area contributed by atoms with Crippen molar-refractivity contribution in [2.24, 2.45) is 0 Å². The molecule has 0 aliphatic rings. The highest BCUT2D eigenvalue weighted by atomic mass is 127. The first kappa shape index (κ1) is 36.4. The number of nitrogens with zero attached hydrogens (tertiary/aromatic N) is 1. The van der Waals surface area contributed by atoms with Crippen molar-refractivity contribution in [2.75, 3.05) is 73.4 Å².